The lowest BCUT2D eigenvalue weighted by atomic mass is 10.2. The molecule has 3 nitrogen and oxygen atoms in total. The third kappa shape index (κ3) is 3.83. The predicted molar refractivity (Wildman–Crippen MR) is 97.7 cm³/mol. The van der Waals surface area contributed by atoms with Crippen molar-refractivity contribution in [3.8, 4) is 0 Å². The molecular formula is C19H15ClFNO2S. The molecule has 0 fully saturated rings. The third-order valence-corrected chi connectivity index (χ3v) is 5.86. The van der Waals surface area contributed by atoms with Crippen LogP contribution in [0.5, 0.6) is 0 Å². The molecule has 0 radical (unpaired) electrons. The molecule has 6 heteroatoms. The zero-order valence-electron chi connectivity index (χ0n) is 13.1. The Balaban J connectivity index is 2.11. The van der Waals surface area contributed by atoms with Gasteiger partial charge in [-0.25, -0.2) is 12.8 Å². The van der Waals surface area contributed by atoms with Gasteiger partial charge in [-0.15, -0.1) is 0 Å². The summed E-state index contributed by atoms with van der Waals surface area (Å²) >= 11 is 6.19. The average Bonchev–Trinajstić information content (AvgIpc) is 2.61. The number of hydrogen-bond donors (Lipinski definition) is 0. The van der Waals surface area contributed by atoms with Crippen molar-refractivity contribution in [3.63, 3.8) is 0 Å². The molecule has 0 spiro atoms. The molecule has 0 saturated heterocycles. The van der Waals surface area contributed by atoms with Crippen LogP contribution in [-0.2, 0) is 16.6 Å². The van der Waals surface area contributed by atoms with E-state index in [0.29, 0.717) is 10.6 Å². The van der Waals surface area contributed by atoms with Crippen LogP contribution >= 0.6 is 11.6 Å². The Kier molecular flexibility index (Phi) is 5.06. The molecule has 0 atom stereocenters. The summed E-state index contributed by atoms with van der Waals surface area (Å²) in [7, 11) is -3.88. The van der Waals surface area contributed by atoms with Gasteiger partial charge >= 0.3 is 0 Å². The number of nitrogens with zero attached hydrogens (tertiary/aromatic N) is 1. The first-order valence-electron chi connectivity index (χ1n) is 7.55. The van der Waals surface area contributed by atoms with E-state index in [1.54, 1.807) is 48.5 Å². The van der Waals surface area contributed by atoms with Gasteiger partial charge in [-0.2, -0.15) is 0 Å². The van der Waals surface area contributed by atoms with Crippen LogP contribution < -0.4 is 4.31 Å². The molecule has 25 heavy (non-hydrogen) atoms. The lowest BCUT2D eigenvalue weighted by Gasteiger charge is -2.25. The zero-order valence-corrected chi connectivity index (χ0v) is 14.7. The second-order valence-electron chi connectivity index (χ2n) is 5.40. The van der Waals surface area contributed by atoms with Crippen molar-refractivity contribution in [1.29, 1.82) is 0 Å². The summed E-state index contributed by atoms with van der Waals surface area (Å²) < 4.78 is 41.1. The fourth-order valence-corrected chi connectivity index (χ4v) is 4.10. The van der Waals surface area contributed by atoms with Gasteiger partial charge in [0.1, 0.15) is 5.82 Å². The molecule has 3 rings (SSSR count). The smallest absolute Gasteiger partial charge is 0.262 e. The molecule has 0 amide bonds. The maximum absolute atomic E-state index is 13.7. The summed E-state index contributed by atoms with van der Waals surface area (Å²) in [4.78, 5) is 0.131. The number of rotatable bonds is 5. The van der Waals surface area contributed by atoms with Crippen molar-refractivity contribution in [2.75, 3.05) is 4.31 Å². The van der Waals surface area contributed by atoms with Crippen molar-refractivity contribution < 1.29 is 12.8 Å². The lowest BCUT2D eigenvalue weighted by Crippen LogP contribution is -2.30. The number of hydrogen-bond acceptors (Lipinski definition) is 2. The Bertz CT molecular complexity index is 977. The van der Waals surface area contributed by atoms with Gasteiger partial charge in [0.2, 0.25) is 0 Å². The molecule has 0 aliphatic heterocycles. The SMILES string of the molecule is O=S(=O)(c1ccccc1)N(Cc1ccccc1Cl)c1cccc(F)c1. The average molecular weight is 376 g/mol. The van der Waals surface area contributed by atoms with E-state index < -0.39 is 15.8 Å². The van der Waals surface area contributed by atoms with E-state index in [9.17, 15) is 12.8 Å². The summed E-state index contributed by atoms with van der Waals surface area (Å²) in [6, 6.07) is 20.5. The normalized spacial score (nSPS) is 11.3. The van der Waals surface area contributed by atoms with Gasteiger partial charge in [-0.3, -0.25) is 4.31 Å². The van der Waals surface area contributed by atoms with Gasteiger partial charge in [-0.05, 0) is 42.0 Å². The molecule has 0 aromatic heterocycles. The summed E-state index contributed by atoms with van der Waals surface area (Å²) in [5.41, 5.74) is 0.872. The third-order valence-electron chi connectivity index (χ3n) is 3.70. The Morgan fingerprint density at radius 2 is 1.56 bits per heavy atom. The van der Waals surface area contributed by atoms with Gasteiger partial charge < -0.3 is 0 Å². The Morgan fingerprint density at radius 3 is 2.24 bits per heavy atom. The first kappa shape index (κ1) is 17.5. The van der Waals surface area contributed by atoms with E-state index in [0.717, 1.165) is 4.31 Å². The molecule has 0 heterocycles. The summed E-state index contributed by atoms with van der Waals surface area (Å²) in [5.74, 6) is -0.509. The van der Waals surface area contributed by atoms with Gasteiger partial charge in [-0.1, -0.05) is 54.1 Å². The van der Waals surface area contributed by atoms with E-state index in [2.05, 4.69) is 0 Å². The van der Waals surface area contributed by atoms with Crippen LogP contribution in [0, 0.1) is 5.82 Å². The van der Waals surface area contributed by atoms with E-state index in [1.807, 2.05) is 0 Å². The topological polar surface area (TPSA) is 37.4 Å². The molecule has 128 valence electrons. The molecule has 3 aromatic rings. The minimum absolute atomic E-state index is 0.000351. The fourth-order valence-electron chi connectivity index (χ4n) is 2.45. The van der Waals surface area contributed by atoms with Crippen molar-refractivity contribution >= 4 is 27.3 Å². The van der Waals surface area contributed by atoms with E-state index >= 15 is 0 Å². The number of anilines is 1. The van der Waals surface area contributed by atoms with Crippen molar-refractivity contribution in [1.82, 2.24) is 0 Å². The summed E-state index contributed by atoms with van der Waals surface area (Å²) in [5, 5.41) is 0.451. The first-order valence-corrected chi connectivity index (χ1v) is 9.37. The monoisotopic (exact) mass is 375 g/mol. The minimum Gasteiger partial charge on any atom is -0.262 e. The van der Waals surface area contributed by atoms with Crippen LogP contribution in [0.15, 0.2) is 83.8 Å². The molecule has 0 bridgehead atoms. The summed E-state index contributed by atoms with van der Waals surface area (Å²) in [6.45, 7) is 0.000351. The van der Waals surface area contributed by atoms with Crippen LogP contribution in [0.25, 0.3) is 0 Å². The molecule has 0 saturated carbocycles. The van der Waals surface area contributed by atoms with Crippen LogP contribution in [0.1, 0.15) is 5.56 Å². The first-order chi connectivity index (χ1) is 12.0. The Morgan fingerprint density at radius 1 is 0.880 bits per heavy atom. The maximum atomic E-state index is 13.7. The van der Waals surface area contributed by atoms with Crippen molar-refractivity contribution in [2.45, 2.75) is 11.4 Å². The number of sulfonamides is 1. The molecule has 3 aromatic carbocycles. The Labute approximate surface area is 151 Å². The fraction of sp³-hybridized carbons (Fsp3) is 0.0526. The Hall–Kier alpha value is -2.37. The predicted octanol–water partition coefficient (Wildman–Crippen LogP) is 4.87. The zero-order chi connectivity index (χ0) is 17.9. The largest absolute Gasteiger partial charge is 0.264 e. The van der Waals surface area contributed by atoms with Gasteiger partial charge in [0.15, 0.2) is 0 Å². The van der Waals surface area contributed by atoms with Gasteiger partial charge in [0, 0.05) is 5.02 Å². The van der Waals surface area contributed by atoms with Crippen LogP contribution in [-0.4, -0.2) is 8.42 Å². The number of benzene rings is 3. The van der Waals surface area contributed by atoms with E-state index in [-0.39, 0.29) is 17.1 Å². The lowest BCUT2D eigenvalue weighted by molar-refractivity contribution is 0.590. The summed E-state index contributed by atoms with van der Waals surface area (Å²) in [6.07, 6.45) is 0. The van der Waals surface area contributed by atoms with E-state index in [1.165, 1.54) is 30.3 Å². The molecule has 0 unspecified atom stereocenters. The van der Waals surface area contributed by atoms with Crippen LogP contribution in [0.4, 0.5) is 10.1 Å². The molecule has 0 aliphatic rings. The maximum Gasteiger partial charge on any atom is 0.264 e. The molecule has 0 N–H and O–H groups in total. The van der Waals surface area contributed by atoms with E-state index in [4.69, 9.17) is 11.6 Å². The highest BCUT2D eigenvalue weighted by Crippen LogP contribution is 2.28. The molecule has 0 aliphatic carbocycles. The van der Waals surface area contributed by atoms with Crippen molar-refractivity contribution in [2.24, 2.45) is 0 Å². The van der Waals surface area contributed by atoms with Crippen molar-refractivity contribution in [3.05, 3.63) is 95.3 Å². The standard InChI is InChI=1S/C19H15ClFNO2S/c20-19-12-5-4-7-15(19)14-22(17-9-6-8-16(21)13-17)25(23,24)18-10-2-1-3-11-18/h1-13H,14H2. The highest BCUT2D eigenvalue weighted by Gasteiger charge is 2.26. The minimum atomic E-state index is -3.88. The second kappa shape index (κ2) is 7.25. The van der Waals surface area contributed by atoms with Crippen LogP contribution in [0.2, 0.25) is 5.02 Å². The van der Waals surface area contributed by atoms with Gasteiger partial charge in [0.25, 0.3) is 10.0 Å². The highest BCUT2D eigenvalue weighted by molar-refractivity contribution is 7.92. The van der Waals surface area contributed by atoms with Gasteiger partial charge in [0.05, 0.1) is 17.1 Å². The second-order valence-corrected chi connectivity index (χ2v) is 7.67. The quantitative estimate of drug-likeness (QED) is 0.637. The number of halogens is 2. The molecular weight excluding hydrogens is 361 g/mol. The van der Waals surface area contributed by atoms with Crippen LogP contribution in [0.3, 0.4) is 0 Å². The highest BCUT2D eigenvalue weighted by atomic mass is 35.5.